The van der Waals surface area contributed by atoms with Gasteiger partial charge in [0.2, 0.25) is 6.79 Å². The van der Waals surface area contributed by atoms with E-state index in [-0.39, 0.29) is 12.8 Å². The van der Waals surface area contributed by atoms with Gasteiger partial charge in [-0.25, -0.2) is 0 Å². The van der Waals surface area contributed by atoms with Crippen molar-refractivity contribution in [2.75, 3.05) is 20.0 Å². The minimum absolute atomic E-state index is 0.144. The highest BCUT2D eigenvalue weighted by molar-refractivity contribution is 5.66. The fourth-order valence-corrected chi connectivity index (χ4v) is 3.75. The first-order chi connectivity index (χ1) is 22.3. The lowest BCUT2D eigenvalue weighted by molar-refractivity contribution is -0.147. The van der Waals surface area contributed by atoms with E-state index in [1.54, 1.807) is 36.4 Å². The number of hydrogen-bond donors (Lipinski definition) is 0. The van der Waals surface area contributed by atoms with E-state index < -0.39 is 5.97 Å². The predicted octanol–water partition coefficient (Wildman–Crippen LogP) is 9.86. The lowest BCUT2D eigenvalue weighted by Crippen LogP contribution is -2.06. The summed E-state index contributed by atoms with van der Waals surface area (Å²) in [7, 11) is 0. The Balaban J connectivity index is 1.24. The number of azo groups is 3. The second kappa shape index (κ2) is 17.5. The molecule has 0 bridgehead atoms. The van der Waals surface area contributed by atoms with Crippen molar-refractivity contribution in [1.82, 2.24) is 0 Å². The highest BCUT2D eigenvalue weighted by atomic mass is 16.7. The third-order valence-corrected chi connectivity index (χ3v) is 6.14. The first kappa shape index (κ1) is 33.1. The molecule has 236 valence electrons. The van der Waals surface area contributed by atoms with Gasteiger partial charge in [-0.1, -0.05) is 0 Å². The maximum Gasteiger partial charge on any atom is 0.305 e. The van der Waals surface area contributed by atoms with Crippen molar-refractivity contribution in [2.45, 2.75) is 33.6 Å². The van der Waals surface area contributed by atoms with Crippen LogP contribution in [0.1, 0.15) is 32.3 Å². The van der Waals surface area contributed by atoms with Gasteiger partial charge in [-0.15, -0.1) is 0 Å². The average Bonchev–Trinajstić information content (AvgIpc) is 3.05. The average molecular weight is 623 g/mol. The maximum absolute atomic E-state index is 10.8. The van der Waals surface area contributed by atoms with E-state index in [1.807, 2.05) is 61.5 Å². The highest BCUT2D eigenvalue weighted by Crippen LogP contribution is 2.29. The van der Waals surface area contributed by atoms with Gasteiger partial charge in [0.05, 0.1) is 47.3 Å². The van der Waals surface area contributed by atoms with Gasteiger partial charge in [0, 0.05) is 13.8 Å². The summed E-state index contributed by atoms with van der Waals surface area (Å²) in [5.41, 5.74) is 5.01. The van der Waals surface area contributed by atoms with Crippen LogP contribution < -0.4 is 9.47 Å². The molecule has 0 heterocycles. The topological polar surface area (TPSA) is 145 Å². The zero-order valence-electron chi connectivity index (χ0n) is 25.8. The molecule has 12 heteroatoms. The molecule has 0 aliphatic rings. The molecule has 0 aliphatic carbocycles. The Kier molecular flexibility index (Phi) is 12.6. The molecule has 4 aromatic carbocycles. The largest absolute Gasteiger partial charge is 0.494 e. The molecule has 46 heavy (non-hydrogen) atoms. The van der Waals surface area contributed by atoms with Gasteiger partial charge in [0.25, 0.3) is 0 Å². The van der Waals surface area contributed by atoms with Crippen LogP contribution in [0.4, 0.5) is 34.1 Å². The standard InChI is InChI=1S/C34H34N6O6/c1-24-22-31(39-37-30-10-15-32(16-11-30)44-21-5-4-20-43-25(2)41)14-19-34(24)40-38-28-8-6-27(7-9-28)35-36-29-12-17-33(18-13-29)46-23-45-26(3)42/h6-19,22H,4-5,20-21,23H2,1-3H3. The molecule has 0 fully saturated rings. The van der Waals surface area contributed by atoms with E-state index in [9.17, 15) is 9.59 Å². The third kappa shape index (κ3) is 11.7. The fourth-order valence-electron chi connectivity index (χ4n) is 3.75. The third-order valence-electron chi connectivity index (χ3n) is 6.14. The first-order valence-electron chi connectivity index (χ1n) is 14.5. The van der Waals surface area contributed by atoms with Crippen molar-refractivity contribution in [3.8, 4) is 11.5 Å². The Morgan fingerprint density at radius 2 is 0.957 bits per heavy atom. The van der Waals surface area contributed by atoms with Gasteiger partial charge in [-0.3, -0.25) is 9.59 Å². The second-order valence-corrected chi connectivity index (χ2v) is 9.87. The number of nitrogens with zero attached hydrogens (tertiary/aromatic N) is 6. The molecule has 12 nitrogen and oxygen atoms in total. The molecular weight excluding hydrogens is 588 g/mol. The summed E-state index contributed by atoms with van der Waals surface area (Å²) >= 11 is 0. The molecule has 0 saturated heterocycles. The summed E-state index contributed by atoms with van der Waals surface area (Å²) in [5, 5.41) is 25.8. The van der Waals surface area contributed by atoms with Crippen LogP contribution >= 0.6 is 0 Å². The highest BCUT2D eigenvalue weighted by Gasteiger charge is 2.02. The quantitative estimate of drug-likeness (QED) is 0.0558. The van der Waals surface area contributed by atoms with Gasteiger partial charge in [-0.05, 0) is 116 Å². The fraction of sp³-hybridized carbons (Fsp3) is 0.235. The van der Waals surface area contributed by atoms with Gasteiger partial charge >= 0.3 is 11.9 Å². The molecule has 0 atom stereocenters. The summed E-state index contributed by atoms with van der Waals surface area (Å²) in [6, 6.07) is 27.1. The molecule has 0 amide bonds. The normalized spacial score (nSPS) is 11.3. The van der Waals surface area contributed by atoms with Crippen LogP contribution in [0.15, 0.2) is 122 Å². The molecular formula is C34H34N6O6. The minimum atomic E-state index is -0.406. The molecule has 0 aliphatic heterocycles. The minimum Gasteiger partial charge on any atom is -0.494 e. The van der Waals surface area contributed by atoms with Crippen molar-refractivity contribution in [2.24, 2.45) is 30.7 Å². The predicted molar refractivity (Wildman–Crippen MR) is 172 cm³/mol. The lowest BCUT2D eigenvalue weighted by atomic mass is 10.2. The van der Waals surface area contributed by atoms with Gasteiger partial charge < -0.3 is 18.9 Å². The number of rotatable bonds is 15. The van der Waals surface area contributed by atoms with Crippen LogP contribution in [0.5, 0.6) is 11.5 Å². The van der Waals surface area contributed by atoms with Crippen molar-refractivity contribution < 1.29 is 28.5 Å². The molecule has 0 unspecified atom stereocenters. The number of esters is 2. The number of carbonyl (C=O) groups is 2. The molecule has 0 spiro atoms. The van der Waals surface area contributed by atoms with E-state index in [4.69, 9.17) is 18.9 Å². The zero-order valence-corrected chi connectivity index (χ0v) is 25.8. The van der Waals surface area contributed by atoms with Crippen molar-refractivity contribution in [1.29, 1.82) is 0 Å². The number of aryl methyl sites for hydroxylation is 1. The van der Waals surface area contributed by atoms with Gasteiger partial charge in [0.15, 0.2) is 0 Å². The lowest BCUT2D eigenvalue weighted by Gasteiger charge is -2.06. The molecule has 4 rings (SSSR count). The van der Waals surface area contributed by atoms with Crippen molar-refractivity contribution in [3.05, 3.63) is 96.6 Å². The monoisotopic (exact) mass is 622 g/mol. The van der Waals surface area contributed by atoms with E-state index in [2.05, 4.69) is 30.7 Å². The molecule has 0 radical (unpaired) electrons. The number of unbranched alkanes of at least 4 members (excludes halogenated alkanes) is 1. The molecule has 0 aromatic heterocycles. The van der Waals surface area contributed by atoms with Crippen LogP contribution in [-0.4, -0.2) is 31.9 Å². The first-order valence-corrected chi connectivity index (χ1v) is 14.5. The van der Waals surface area contributed by atoms with Gasteiger partial charge in [0.1, 0.15) is 11.5 Å². The Morgan fingerprint density at radius 3 is 1.48 bits per heavy atom. The van der Waals surface area contributed by atoms with E-state index in [0.29, 0.717) is 47.4 Å². The van der Waals surface area contributed by atoms with E-state index in [0.717, 1.165) is 29.8 Å². The molecule has 4 aromatic rings. The van der Waals surface area contributed by atoms with Crippen LogP contribution in [0.25, 0.3) is 0 Å². The molecule has 0 N–H and O–H groups in total. The second-order valence-electron chi connectivity index (χ2n) is 9.87. The summed E-state index contributed by atoms with van der Waals surface area (Å²) < 4.78 is 20.7. The van der Waals surface area contributed by atoms with Crippen LogP contribution in [0.3, 0.4) is 0 Å². The smallest absolute Gasteiger partial charge is 0.305 e. The summed E-state index contributed by atoms with van der Waals surface area (Å²) in [5.74, 6) is 0.621. The van der Waals surface area contributed by atoms with Crippen molar-refractivity contribution in [3.63, 3.8) is 0 Å². The van der Waals surface area contributed by atoms with Crippen LogP contribution in [0, 0.1) is 6.92 Å². The summed E-state index contributed by atoms with van der Waals surface area (Å²) in [6.07, 6.45) is 1.55. The summed E-state index contributed by atoms with van der Waals surface area (Å²) in [6.45, 7) is 5.46. The van der Waals surface area contributed by atoms with Gasteiger partial charge in [-0.2, -0.15) is 30.7 Å². The van der Waals surface area contributed by atoms with Crippen LogP contribution in [0.2, 0.25) is 0 Å². The number of ether oxygens (including phenoxy) is 4. The Hall–Kier alpha value is -5.78. The zero-order chi connectivity index (χ0) is 32.6. The SMILES string of the molecule is CC(=O)OCCCCOc1ccc(N=Nc2ccc(N=Nc3ccc(N=Nc4ccc(OCOC(C)=O)cc4)cc3)c(C)c2)cc1. The summed E-state index contributed by atoms with van der Waals surface area (Å²) in [4.78, 5) is 21.6. The van der Waals surface area contributed by atoms with Crippen molar-refractivity contribution >= 4 is 46.1 Å². The Bertz CT molecular complexity index is 1670. The number of hydrogen-bond acceptors (Lipinski definition) is 12. The van der Waals surface area contributed by atoms with E-state index >= 15 is 0 Å². The Labute approximate surface area is 266 Å². The van der Waals surface area contributed by atoms with E-state index in [1.165, 1.54) is 13.8 Å². The number of benzene rings is 4. The number of carbonyl (C=O) groups excluding carboxylic acids is 2. The Morgan fingerprint density at radius 1 is 0.522 bits per heavy atom. The van der Waals surface area contributed by atoms with Crippen LogP contribution in [-0.2, 0) is 19.1 Å². The molecule has 0 saturated carbocycles. The maximum atomic E-state index is 10.8.